The van der Waals surface area contributed by atoms with Crippen molar-refractivity contribution in [2.75, 3.05) is 40.9 Å². The standard InChI is InChI=1S/C66H115N2O7P/c1-7-10-13-16-19-22-25-28-30-32-33-34-35-36-38-41-44-47-50-53-56-59-66(70)75-64(57-54-51-48-45-42-39-27-24-21-18-15-12-9-3)63(62-74-76(71,72)73-61-60-68(4,5)6)67-65(69)58-55-52-49-46-43-40-37-31-29-26-23-20-17-14-11-8-2/h11,14,19-20,22-23,28-31,33-34,36,38,40,43,54,57,63-64H,7-10,12-13,15-18,21,24-27,32,35,37,39,41-42,44-53,55-56,58-62H2,1-6H3,(H-,67,69,71,72)/b14-11+,22-19-,23-20+,30-28-,31-29+,34-33-,38-36-,43-40+,57-54+. The van der Waals surface area contributed by atoms with Crippen molar-refractivity contribution in [3.8, 4) is 0 Å². The van der Waals surface area contributed by atoms with Crippen molar-refractivity contribution in [3.63, 3.8) is 0 Å². The van der Waals surface area contributed by atoms with Gasteiger partial charge in [0.05, 0.1) is 33.8 Å². The molecule has 1 amide bonds. The molecule has 1 N–H and O–H groups in total. The van der Waals surface area contributed by atoms with Gasteiger partial charge >= 0.3 is 5.97 Å². The molecular weight excluding hydrogens is 964 g/mol. The van der Waals surface area contributed by atoms with Gasteiger partial charge in [-0.1, -0.05) is 227 Å². The number of nitrogens with one attached hydrogen (secondary N) is 1. The maximum atomic E-state index is 13.5. The highest BCUT2D eigenvalue weighted by molar-refractivity contribution is 7.45. The first kappa shape index (κ1) is 72.7. The minimum atomic E-state index is -4.72. The molecule has 0 aliphatic rings. The predicted molar refractivity (Wildman–Crippen MR) is 325 cm³/mol. The van der Waals surface area contributed by atoms with E-state index in [-0.39, 0.29) is 31.3 Å². The second kappa shape index (κ2) is 55.0. The van der Waals surface area contributed by atoms with Crippen molar-refractivity contribution in [1.82, 2.24) is 5.32 Å². The van der Waals surface area contributed by atoms with E-state index in [2.05, 4.69) is 123 Å². The van der Waals surface area contributed by atoms with Gasteiger partial charge in [-0.3, -0.25) is 14.2 Å². The maximum absolute atomic E-state index is 13.5. The number of allylic oxidation sites excluding steroid dienone is 17. The smallest absolute Gasteiger partial charge is 0.306 e. The molecule has 0 fully saturated rings. The third-order valence-corrected chi connectivity index (χ3v) is 13.9. The Morgan fingerprint density at radius 3 is 1.30 bits per heavy atom. The van der Waals surface area contributed by atoms with Crippen LogP contribution in [-0.2, 0) is 27.9 Å². The monoisotopic (exact) mass is 1080 g/mol. The quantitative estimate of drug-likeness (QED) is 0.0212. The van der Waals surface area contributed by atoms with E-state index in [9.17, 15) is 19.0 Å². The van der Waals surface area contributed by atoms with E-state index in [0.717, 1.165) is 116 Å². The van der Waals surface area contributed by atoms with Crippen molar-refractivity contribution in [2.45, 2.75) is 258 Å². The number of likely N-dealkylation sites (N-methyl/N-ethyl adjacent to an activating group) is 1. The van der Waals surface area contributed by atoms with Gasteiger partial charge in [0.2, 0.25) is 5.91 Å². The molecule has 0 aromatic carbocycles. The van der Waals surface area contributed by atoms with Crippen LogP contribution in [0.5, 0.6) is 0 Å². The Bertz CT molecular complexity index is 1670. The van der Waals surface area contributed by atoms with Gasteiger partial charge in [0.25, 0.3) is 7.82 Å². The third kappa shape index (κ3) is 55.4. The van der Waals surface area contributed by atoms with Crippen molar-refractivity contribution >= 4 is 19.7 Å². The van der Waals surface area contributed by atoms with Crippen LogP contribution in [0.15, 0.2) is 109 Å². The van der Waals surface area contributed by atoms with Gasteiger partial charge in [-0.25, -0.2) is 0 Å². The second-order valence-corrected chi connectivity index (χ2v) is 22.9. The molecule has 0 aliphatic heterocycles. The number of phosphoric acid groups is 1. The lowest BCUT2D eigenvalue weighted by Gasteiger charge is -2.30. The van der Waals surface area contributed by atoms with Crippen LogP contribution in [0.1, 0.15) is 245 Å². The molecule has 3 unspecified atom stereocenters. The number of hydrogen-bond donors (Lipinski definition) is 1. The zero-order valence-electron chi connectivity index (χ0n) is 49.7. The molecule has 0 spiro atoms. The highest BCUT2D eigenvalue weighted by atomic mass is 31.2. The van der Waals surface area contributed by atoms with E-state index < -0.39 is 26.6 Å². The Morgan fingerprint density at radius 1 is 0.474 bits per heavy atom. The van der Waals surface area contributed by atoms with Gasteiger partial charge < -0.3 is 28.5 Å². The van der Waals surface area contributed by atoms with Crippen LogP contribution >= 0.6 is 7.82 Å². The zero-order chi connectivity index (χ0) is 55.7. The number of amides is 1. The summed E-state index contributed by atoms with van der Waals surface area (Å²) in [6.07, 6.45) is 74.8. The SMILES string of the molecule is CC/C=C/C/C=C/C/C=C/C/C=C/CCCCCC(=O)NC(COP(=O)([O-])OCC[N+](C)(C)C)C(/C=C/CCCCCCCCCCCCC)OC(=O)CCCCCCC/C=C\C/C=C\C/C=C\C/C=C\CCCCC. The number of rotatable bonds is 54. The number of phosphoric ester groups is 1. The lowest BCUT2D eigenvalue weighted by Crippen LogP contribution is -2.47. The van der Waals surface area contributed by atoms with Crippen LogP contribution in [0.25, 0.3) is 0 Å². The summed E-state index contributed by atoms with van der Waals surface area (Å²) in [5, 5.41) is 3.00. The molecule has 0 aliphatic carbocycles. The fraction of sp³-hybridized carbons (Fsp3) is 0.697. The Balaban J connectivity index is 5.39. The fourth-order valence-corrected chi connectivity index (χ4v) is 8.92. The molecular formula is C66H115N2O7P. The number of esters is 1. The average molecular weight is 1080 g/mol. The number of hydrogen-bond acceptors (Lipinski definition) is 7. The highest BCUT2D eigenvalue weighted by Gasteiger charge is 2.27. The van der Waals surface area contributed by atoms with E-state index in [1.807, 2.05) is 33.3 Å². The molecule has 0 aromatic rings. The summed E-state index contributed by atoms with van der Waals surface area (Å²) in [5.41, 5.74) is 0. The number of carbonyl (C=O) groups is 2. The molecule has 9 nitrogen and oxygen atoms in total. The summed E-state index contributed by atoms with van der Waals surface area (Å²) in [5.74, 6) is -0.604. The molecule has 3 atom stereocenters. The number of ether oxygens (including phenoxy) is 1. The minimum Gasteiger partial charge on any atom is -0.756 e. The van der Waals surface area contributed by atoms with Crippen LogP contribution in [-0.4, -0.2) is 69.4 Å². The van der Waals surface area contributed by atoms with Crippen molar-refractivity contribution < 1.29 is 37.3 Å². The average Bonchev–Trinajstić information content (AvgIpc) is 3.38. The number of carbonyl (C=O) groups excluding carboxylic acids is 2. The summed E-state index contributed by atoms with van der Waals surface area (Å²) >= 11 is 0. The van der Waals surface area contributed by atoms with Crippen LogP contribution < -0.4 is 10.2 Å². The predicted octanol–water partition coefficient (Wildman–Crippen LogP) is 18.3. The minimum absolute atomic E-state index is 0.0377. The molecule has 0 bridgehead atoms. The molecule has 0 aromatic heterocycles. The normalized spacial score (nSPS) is 14.5. The molecule has 76 heavy (non-hydrogen) atoms. The van der Waals surface area contributed by atoms with Crippen LogP contribution in [0, 0.1) is 0 Å². The first-order valence-electron chi connectivity index (χ1n) is 30.7. The summed E-state index contributed by atoms with van der Waals surface area (Å²) in [7, 11) is 1.14. The summed E-state index contributed by atoms with van der Waals surface area (Å²) < 4.78 is 30.3. The van der Waals surface area contributed by atoms with Gasteiger partial charge in [0.15, 0.2) is 0 Å². The first-order chi connectivity index (χ1) is 36.9. The number of unbranched alkanes of at least 4 members (excludes halogenated alkanes) is 22. The van der Waals surface area contributed by atoms with Gasteiger partial charge in [-0.2, -0.15) is 0 Å². The summed E-state index contributed by atoms with van der Waals surface area (Å²) in [4.78, 5) is 40.0. The van der Waals surface area contributed by atoms with E-state index in [1.54, 1.807) is 0 Å². The number of quaternary nitrogens is 1. The van der Waals surface area contributed by atoms with Crippen molar-refractivity contribution in [2.24, 2.45) is 0 Å². The molecule has 0 heterocycles. The molecule has 0 radical (unpaired) electrons. The third-order valence-electron chi connectivity index (χ3n) is 12.9. The summed E-state index contributed by atoms with van der Waals surface area (Å²) in [6, 6.07) is -0.920. The van der Waals surface area contributed by atoms with E-state index >= 15 is 0 Å². The van der Waals surface area contributed by atoms with Crippen LogP contribution in [0.4, 0.5) is 0 Å². The van der Waals surface area contributed by atoms with Gasteiger partial charge in [0, 0.05) is 12.8 Å². The fourth-order valence-electron chi connectivity index (χ4n) is 8.20. The molecule has 0 saturated heterocycles. The maximum Gasteiger partial charge on any atom is 0.306 e. The molecule has 0 saturated carbocycles. The van der Waals surface area contributed by atoms with Gasteiger partial charge in [0.1, 0.15) is 19.3 Å². The number of nitrogens with zero attached hydrogens (tertiary/aromatic N) is 1. The van der Waals surface area contributed by atoms with Gasteiger partial charge in [-0.15, -0.1) is 0 Å². The van der Waals surface area contributed by atoms with Crippen molar-refractivity contribution in [1.29, 1.82) is 0 Å². The lowest BCUT2D eigenvalue weighted by molar-refractivity contribution is -0.870. The Labute approximate surface area is 468 Å². The molecule has 10 heteroatoms. The Hall–Kier alpha value is -3.33. The van der Waals surface area contributed by atoms with Crippen LogP contribution in [0.2, 0.25) is 0 Å². The summed E-state index contributed by atoms with van der Waals surface area (Å²) in [6.45, 7) is 6.65. The largest absolute Gasteiger partial charge is 0.756 e. The first-order valence-corrected chi connectivity index (χ1v) is 32.2. The van der Waals surface area contributed by atoms with Crippen molar-refractivity contribution in [3.05, 3.63) is 109 Å². The Morgan fingerprint density at radius 2 is 0.842 bits per heavy atom. The van der Waals surface area contributed by atoms with E-state index in [4.69, 9.17) is 13.8 Å². The zero-order valence-corrected chi connectivity index (χ0v) is 50.6. The second-order valence-electron chi connectivity index (χ2n) is 21.5. The van der Waals surface area contributed by atoms with Gasteiger partial charge in [-0.05, 0) is 115 Å². The molecule has 436 valence electrons. The van der Waals surface area contributed by atoms with E-state index in [1.165, 1.54) is 83.5 Å². The molecule has 0 rings (SSSR count). The topological polar surface area (TPSA) is 114 Å². The Kier molecular flexibility index (Phi) is 52.6. The lowest BCUT2D eigenvalue weighted by atomic mass is 10.0. The van der Waals surface area contributed by atoms with E-state index in [0.29, 0.717) is 23.9 Å². The highest BCUT2D eigenvalue weighted by Crippen LogP contribution is 2.38. The van der Waals surface area contributed by atoms with Crippen LogP contribution in [0.3, 0.4) is 0 Å².